The molecule has 1 aliphatic heterocycles. The molecule has 0 N–H and O–H groups in total. The molecule has 1 saturated heterocycles. The molecule has 0 aliphatic carbocycles. The number of benzene rings is 1. The standard InChI is InChI=1S/C18H25NO2/c1-13-8-10-17(21-4)16(12-13)9-11-18(20)19-14(2)6-5-7-15(19)3/h8-12,14-15H,5-7H2,1-4H3/b11-9+. The third-order valence-corrected chi connectivity index (χ3v) is 4.24. The molecule has 0 radical (unpaired) electrons. The Labute approximate surface area is 127 Å². The Bertz CT molecular complexity index is 526. The highest BCUT2D eigenvalue weighted by molar-refractivity contribution is 5.92. The maximum absolute atomic E-state index is 12.5. The number of aryl methyl sites for hydroxylation is 1. The van der Waals surface area contributed by atoms with Crippen molar-refractivity contribution in [3.8, 4) is 5.75 Å². The van der Waals surface area contributed by atoms with E-state index < -0.39 is 0 Å². The summed E-state index contributed by atoms with van der Waals surface area (Å²) in [6.45, 7) is 6.30. The van der Waals surface area contributed by atoms with Crippen LogP contribution in [0.3, 0.4) is 0 Å². The van der Waals surface area contributed by atoms with Gasteiger partial charge in [-0.05, 0) is 58.2 Å². The van der Waals surface area contributed by atoms with Gasteiger partial charge in [-0.2, -0.15) is 0 Å². The van der Waals surface area contributed by atoms with Gasteiger partial charge in [-0.25, -0.2) is 0 Å². The summed E-state index contributed by atoms with van der Waals surface area (Å²) >= 11 is 0. The van der Waals surface area contributed by atoms with Crippen molar-refractivity contribution < 1.29 is 9.53 Å². The zero-order valence-corrected chi connectivity index (χ0v) is 13.4. The molecule has 0 bridgehead atoms. The largest absolute Gasteiger partial charge is 0.496 e. The van der Waals surface area contributed by atoms with Gasteiger partial charge in [0.1, 0.15) is 5.75 Å². The van der Waals surface area contributed by atoms with Crippen LogP contribution in [0.2, 0.25) is 0 Å². The molecule has 3 heteroatoms. The summed E-state index contributed by atoms with van der Waals surface area (Å²) in [4.78, 5) is 14.5. The number of methoxy groups -OCH3 is 1. The molecule has 2 rings (SSSR count). The molecule has 1 heterocycles. The minimum Gasteiger partial charge on any atom is -0.496 e. The third-order valence-electron chi connectivity index (χ3n) is 4.24. The lowest BCUT2D eigenvalue weighted by molar-refractivity contribution is -0.131. The predicted molar refractivity (Wildman–Crippen MR) is 86.4 cm³/mol. The number of amides is 1. The number of hydrogen-bond acceptors (Lipinski definition) is 2. The van der Waals surface area contributed by atoms with Crippen LogP contribution in [-0.2, 0) is 4.79 Å². The molecule has 2 atom stereocenters. The molecule has 3 nitrogen and oxygen atoms in total. The fourth-order valence-corrected chi connectivity index (χ4v) is 3.09. The Kier molecular flexibility index (Phi) is 5.05. The monoisotopic (exact) mass is 287 g/mol. The van der Waals surface area contributed by atoms with Crippen LogP contribution >= 0.6 is 0 Å². The van der Waals surface area contributed by atoms with E-state index >= 15 is 0 Å². The smallest absolute Gasteiger partial charge is 0.247 e. The summed E-state index contributed by atoms with van der Waals surface area (Å²) in [5.74, 6) is 0.891. The van der Waals surface area contributed by atoms with Crippen molar-refractivity contribution in [3.05, 3.63) is 35.4 Å². The van der Waals surface area contributed by atoms with E-state index in [2.05, 4.69) is 13.8 Å². The molecule has 1 amide bonds. The van der Waals surface area contributed by atoms with Gasteiger partial charge in [0, 0.05) is 23.7 Å². The molecule has 0 saturated carbocycles. The molecule has 1 aromatic carbocycles. The highest BCUT2D eigenvalue weighted by Gasteiger charge is 2.27. The van der Waals surface area contributed by atoms with Gasteiger partial charge >= 0.3 is 0 Å². The second kappa shape index (κ2) is 6.79. The lowest BCUT2D eigenvalue weighted by atomic mass is 9.97. The Hall–Kier alpha value is -1.77. The second-order valence-electron chi connectivity index (χ2n) is 5.95. The molecule has 21 heavy (non-hydrogen) atoms. The van der Waals surface area contributed by atoms with Crippen LogP contribution in [0.1, 0.15) is 44.2 Å². The lowest BCUT2D eigenvalue weighted by Crippen LogP contribution is -2.46. The van der Waals surface area contributed by atoms with Crippen LogP contribution in [0.15, 0.2) is 24.3 Å². The van der Waals surface area contributed by atoms with Gasteiger partial charge in [0.2, 0.25) is 5.91 Å². The van der Waals surface area contributed by atoms with E-state index in [1.807, 2.05) is 36.1 Å². The molecule has 114 valence electrons. The lowest BCUT2D eigenvalue weighted by Gasteiger charge is -2.38. The zero-order chi connectivity index (χ0) is 15.4. The van der Waals surface area contributed by atoms with Crippen molar-refractivity contribution in [1.29, 1.82) is 0 Å². The maximum Gasteiger partial charge on any atom is 0.247 e. The van der Waals surface area contributed by atoms with E-state index in [9.17, 15) is 4.79 Å². The summed E-state index contributed by atoms with van der Waals surface area (Å²) in [6.07, 6.45) is 6.94. The van der Waals surface area contributed by atoms with Gasteiger partial charge in [0.05, 0.1) is 7.11 Å². The fourth-order valence-electron chi connectivity index (χ4n) is 3.09. The van der Waals surface area contributed by atoms with Gasteiger partial charge < -0.3 is 9.64 Å². The molecule has 0 aromatic heterocycles. The third kappa shape index (κ3) is 3.66. The fraction of sp³-hybridized carbons (Fsp3) is 0.500. The van der Waals surface area contributed by atoms with E-state index in [1.54, 1.807) is 13.2 Å². The van der Waals surface area contributed by atoms with Gasteiger partial charge in [0.25, 0.3) is 0 Å². The van der Waals surface area contributed by atoms with Gasteiger partial charge in [-0.15, -0.1) is 0 Å². The molecular weight excluding hydrogens is 262 g/mol. The van der Waals surface area contributed by atoms with Crippen molar-refractivity contribution in [1.82, 2.24) is 4.90 Å². The van der Waals surface area contributed by atoms with Crippen molar-refractivity contribution >= 4 is 12.0 Å². The number of likely N-dealkylation sites (tertiary alicyclic amines) is 1. The molecule has 1 aromatic rings. The SMILES string of the molecule is COc1ccc(C)cc1/C=C/C(=O)N1C(C)CCCC1C. The quantitative estimate of drug-likeness (QED) is 0.791. The van der Waals surface area contributed by atoms with E-state index in [4.69, 9.17) is 4.74 Å². The maximum atomic E-state index is 12.5. The Morgan fingerprint density at radius 3 is 2.57 bits per heavy atom. The van der Waals surface area contributed by atoms with Crippen LogP contribution in [0, 0.1) is 6.92 Å². The zero-order valence-electron chi connectivity index (χ0n) is 13.4. The molecule has 2 unspecified atom stereocenters. The number of carbonyl (C=O) groups excluding carboxylic acids is 1. The molecular formula is C18H25NO2. The summed E-state index contributed by atoms with van der Waals surface area (Å²) < 4.78 is 5.34. The predicted octanol–water partition coefficient (Wildman–Crippen LogP) is 3.81. The molecule has 1 fully saturated rings. The van der Waals surface area contributed by atoms with Gasteiger partial charge in [0.15, 0.2) is 0 Å². The molecule has 1 aliphatic rings. The summed E-state index contributed by atoms with van der Waals surface area (Å²) in [5.41, 5.74) is 2.10. The Morgan fingerprint density at radius 1 is 1.29 bits per heavy atom. The highest BCUT2D eigenvalue weighted by atomic mass is 16.5. The summed E-state index contributed by atoms with van der Waals surface area (Å²) in [7, 11) is 1.65. The Morgan fingerprint density at radius 2 is 1.95 bits per heavy atom. The average Bonchev–Trinajstić information content (AvgIpc) is 2.45. The van der Waals surface area contributed by atoms with Gasteiger partial charge in [-0.1, -0.05) is 11.6 Å². The first-order chi connectivity index (χ1) is 10.0. The summed E-state index contributed by atoms with van der Waals surface area (Å²) in [6, 6.07) is 6.62. The first kappa shape index (κ1) is 15.6. The second-order valence-corrected chi connectivity index (χ2v) is 5.95. The van der Waals surface area contributed by atoms with Crippen LogP contribution in [0.25, 0.3) is 6.08 Å². The Balaban J connectivity index is 2.16. The van der Waals surface area contributed by atoms with Crippen molar-refractivity contribution in [2.45, 2.75) is 52.1 Å². The first-order valence-electron chi connectivity index (χ1n) is 7.68. The van der Waals surface area contributed by atoms with E-state index in [0.29, 0.717) is 12.1 Å². The van der Waals surface area contributed by atoms with E-state index in [0.717, 1.165) is 29.7 Å². The topological polar surface area (TPSA) is 29.5 Å². The van der Waals surface area contributed by atoms with E-state index in [1.165, 1.54) is 6.42 Å². The van der Waals surface area contributed by atoms with Crippen LogP contribution in [-0.4, -0.2) is 30.0 Å². The van der Waals surface area contributed by atoms with Crippen LogP contribution in [0.5, 0.6) is 5.75 Å². The van der Waals surface area contributed by atoms with Crippen molar-refractivity contribution in [2.24, 2.45) is 0 Å². The number of ether oxygens (including phenoxy) is 1. The normalized spacial score (nSPS) is 22.6. The van der Waals surface area contributed by atoms with Crippen molar-refractivity contribution in [2.75, 3.05) is 7.11 Å². The van der Waals surface area contributed by atoms with Crippen LogP contribution in [0.4, 0.5) is 0 Å². The van der Waals surface area contributed by atoms with E-state index in [-0.39, 0.29) is 5.91 Å². The number of nitrogens with zero attached hydrogens (tertiary/aromatic N) is 1. The molecule has 0 spiro atoms. The number of piperidine rings is 1. The first-order valence-corrected chi connectivity index (χ1v) is 7.68. The highest BCUT2D eigenvalue weighted by Crippen LogP contribution is 2.24. The summed E-state index contributed by atoms with van der Waals surface area (Å²) in [5, 5.41) is 0. The average molecular weight is 287 g/mol. The van der Waals surface area contributed by atoms with Crippen molar-refractivity contribution in [3.63, 3.8) is 0 Å². The number of rotatable bonds is 3. The van der Waals surface area contributed by atoms with Crippen LogP contribution < -0.4 is 4.74 Å². The number of hydrogen-bond donors (Lipinski definition) is 0. The minimum atomic E-state index is 0.0956. The number of carbonyl (C=O) groups is 1. The van der Waals surface area contributed by atoms with Gasteiger partial charge in [-0.3, -0.25) is 4.79 Å². The minimum absolute atomic E-state index is 0.0956.